The van der Waals surface area contributed by atoms with Crippen molar-refractivity contribution < 1.29 is 19.4 Å². The molecule has 2 aliphatic rings. The summed E-state index contributed by atoms with van der Waals surface area (Å²) < 4.78 is 11.1. The number of nitrogen functional groups attached to an aromatic ring is 2. The maximum absolute atomic E-state index is 10.2. The summed E-state index contributed by atoms with van der Waals surface area (Å²) in [7, 11) is -1.74. The van der Waals surface area contributed by atoms with Crippen LogP contribution < -0.4 is 22.4 Å². The Bertz CT molecular complexity index is 2040. The highest BCUT2D eigenvalue weighted by atomic mass is 16.5. The van der Waals surface area contributed by atoms with Crippen molar-refractivity contribution in [1.29, 1.82) is 0 Å². The van der Waals surface area contributed by atoms with Crippen LogP contribution in [0.5, 0.6) is 0 Å². The average molecular weight is 638 g/mol. The Hall–Kier alpha value is -4.87. The van der Waals surface area contributed by atoms with Crippen molar-refractivity contribution in [1.82, 2.24) is 20.4 Å². The Morgan fingerprint density at radius 3 is 1.35 bits per heavy atom. The molecule has 10 nitrogen and oxygen atoms in total. The van der Waals surface area contributed by atoms with Crippen molar-refractivity contribution in [3.8, 4) is 22.3 Å². The van der Waals surface area contributed by atoms with Crippen LogP contribution in [0.2, 0.25) is 0 Å². The quantitative estimate of drug-likeness (QED) is 0.206. The van der Waals surface area contributed by atoms with Gasteiger partial charge in [0.1, 0.15) is 0 Å². The molecular formula is C36H36B2N6O4. The highest BCUT2D eigenvalue weighted by Gasteiger charge is 2.30. The first-order valence-electron chi connectivity index (χ1n) is 16.0. The molecule has 0 amide bonds. The number of hydrogen-bond acceptors (Lipinski definition) is 10. The fraction of sp³-hybridized carbons (Fsp3) is 0.222. The lowest BCUT2D eigenvalue weighted by atomic mass is 9.71. The number of hydrogen-bond donors (Lipinski definition) is 4. The Labute approximate surface area is 279 Å². The van der Waals surface area contributed by atoms with Crippen LogP contribution in [0.3, 0.4) is 0 Å². The first-order chi connectivity index (χ1) is 23.0. The van der Waals surface area contributed by atoms with Crippen molar-refractivity contribution in [3.63, 3.8) is 0 Å². The smallest absolute Gasteiger partial charge is 0.423 e. The lowest BCUT2D eigenvalue weighted by molar-refractivity contribution is 0.182. The molecule has 8 rings (SSSR count). The molecule has 0 bridgehead atoms. The van der Waals surface area contributed by atoms with E-state index in [0.29, 0.717) is 11.6 Å². The molecule has 4 aromatic carbocycles. The van der Waals surface area contributed by atoms with Gasteiger partial charge in [-0.1, -0.05) is 48.5 Å². The predicted octanol–water partition coefficient (Wildman–Crippen LogP) is 3.67. The minimum atomic E-state index is -0.868. The molecule has 2 unspecified atom stereocenters. The summed E-state index contributed by atoms with van der Waals surface area (Å²) in [5.41, 5.74) is 21.6. The van der Waals surface area contributed by atoms with Crippen LogP contribution in [-0.4, -0.2) is 56.9 Å². The Balaban J connectivity index is 0.000000152. The fourth-order valence-electron chi connectivity index (χ4n) is 6.65. The van der Waals surface area contributed by atoms with Gasteiger partial charge in [-0.05, 0) is 109 Å². The molecule has 0 saturated heterocycles. The topological polar surface area (TPSA) is 163 Å². The second kappa shape index (κ2) is 12.6. The second-order valence-electron chi connectivity index (χ2n) is 12.7. The number of aryl methyl sites for hydroxylation is 2. The molecule has 2 aliphatic heterocycles. The predicted molar refractivity (Wildman–Crippen MR) is 192 cm³/mol. The number of benzene rings is 4. The monoisotopic (exact) mass is 638 g/mol. The molecule has 0 radical (unpaired) electrons. The lowest BCUT2D eigenvalue weighted by Gasteiger charge is -2.25. The van der Waals surface area contributed by atoms with E-state index in [-0.39, 0.29) is 12.2 Å². The molecule has 0 spiro atoms. The van der Waals surface area contributed by atoms with Crippen LogP contribution in [0, 0.1) is 13.8 Å². The summed E-state index contributed by atoms with van der Waals surface area (Å²) in [5, 5.41) is 40.3. The highest BCUT2D eigenvalue weighted by Crippen LogP contribution is 2.30. The van der Waals surface area contributed by atoms with Gasteiger partial charge in [-0.25, -0.2) is 0 Å². The zero-order chi connectivity index (χ0) is 33.7. The van der Waals surface area contributed by atoms with Gasteiger partial charge in [0.2, 0.25) is 0 Å². The summed E-state index contributed by atoms with van der Waals surface area (Å²) in [6, 6.07) is 24.4. The molecule has 2 atom stereocenters. The van der Waals surface area contributed by atoms with Crippen molar-refractivity contribution in [2.45, 2.75) is 52.7 Å². The first kappa shape index (κ1) is 31.7. The third-order valence-corrected chi connectivity index (χ3v) is 9.21. The molecule has 0 saturated carbocycles. The van der Waals surface area contributed by atoms with Crippen LogP contribution in [0.4, 0.5) is 11.6 Å². The molecule has 6 aromatic rings. The molecule has 12 heteroatoms. The van der Waals surface area contributed by atoms with Gasteiger partial charge >= 0.3 is 14.2 Å². The third-order valence-electron chi connectivity index (χ3n) is 9.21. The van der Waals surface area contributed by atoms with E-state index in [1.807, 2.05) is 64.1 Å². The van der Waals surface area contributed by atoms with Crippen molar-refractivity contribution >= 4 is 58.3 Å². The van der Waals surface area contributed by atoms with Gasteiger partial charge < -0.3 is 30.8 Å². The van der Waals surface area contributed by atoms with Gasteiger partial charge in [0.25, 0.3) is 0 Å². The van der Waals surface area contributed by atoms with Crippen molar-refractivity contribution in [2.24, 2.45) is 0 Å². The van der Waals surface area contributed by atoms with E-state index in [0.717, 1.165) is 90.1 Å². The summed E-state index contributed by atoms with van der Waals surface area (Å²) >= 11 is 0. The third kappa shape index (κ3) is 5.99. The molecule has 240 valence electrons. The normalized spacial score (nSPS) is 17.1. The molecule has 48 heavy (non-hydrogen) atoms. The number of aromatic nitrogens is 4. The zero-order valence-electron chi connectivity index (χ0n) is 27.3. The maximum Gasteiger partial charge on any atom is 0.491 e. The molecule has 2 aromatic heterocycles. The Kier molecular flexibility index (Phi) is 8.34. The summed E-state index contributed by atoms with van der Waals surface area (Å²) in [6.07, 6.45) is 1.69. The van der Waals surface area contributed by atoms with Crippen LogP contribution in [-0.2, 0) is 22.2 Å². The van der Waals surface area contributed by atoms with Crippen LogP contribution in [0.25, 0.3) is 43.8 Å². The first-order valence-corrected chi connectivity index (χ1v) is 16.0. The lowest BCUT2D eigenvalue weighted by Crippen LogP contribution is -2.44. The van der Waals surface area contributed by atoms with E-state index < -0.39 is 14.2 Å². The number of fused-ring (bicyclic) bond motifs is 4. The molecule has 0 aliphatic carbocycles. The molecule has 0 fully saturated rings. The molecular weight excluding hydrogens is 602 g/mol. The van der Waals surface area contributed by atoms with E-state index in [1.165, 1.54) is 0 Å². The Morgan fingerprint density at radius 2 is 0.938 bits per heavy atom. The van der Waals surface area contributed by atoms with Crippen molar-refractivity contribution in [3.05, 3.63) is 95.3 Å². The number of nitrogens with two attached hydrogens (primary N) is 2. The van der Waals surface area contributed by atoms with Gasteiger partial charge in [0, 0.05) is 33.8 Å². The number of nitrogens with zero attached hydrogens (tertiary/aromatic N) is 4. The van der Waals surface area contributed by atoms with E-state index in [1.54, 1.807) is 0 Å². The minimum absolute atomic E-state index is 0.0308. The van der Waals surface area contributed by atoms with E-state index >= 15 is 0 Å². The Morgan fingerprint density at radius 1 is 0.562 bits per heavy atom. The zero-order valence-corrected chi connectivity index (χ0v) is 27.3. The van der Waals surface area contributed by atoms with Gasteiger partial charge in [0.05, 0.1) is 11.4 Å². The maximum atomic E-state index is 10.2. The number of rotatable bonds is 2. The van der Waals surface area contributed by atoms with Gasteiger partial charge in [0.15, 0.2) is 11.6 Å². The van der Waals surface area contributed by atoms with E-state index in [4.69, 9.17) is 20.8 Å². The summed E-state index contributed by atoms with van der Waals surface area (Å²) in [6.45, 7) is 7.78. The largest absolute Gasteiger partial charge is 0.491 e. The standard InChI is InChI=1S/2C18H18BN3O2/c2*1-10-7-14-4-3-13(9-17(14)19(23)24-10)12-5-6-15-16(8-12)11(2)21-22-18(15)20/h2*3-6,8-10,23H,7H2,1-2H3,(H2,20,22). The van der Waals surface area contributed by atoms with Gasteiger partial charge in [-0.15, -0.1) is 10.2 Å². The highest BCUT2D eigenvalue weighted by molar-refractivity contribution is 6.61. The fourth-order valence-corrected chi connectivity index (χ4v) is 6.65. The van der Waals surface area contributed by atoms with Crippen molar-refractivity contribution in [2.75, 3.05) is 11.5 Å². The van der Waals surface area contributed by atoms with Gasteiger partial charge in [-0.3, -0.25) is 0 Å². The van der Waals surface area contributed by atoms with Crippen LogP contribution in [0.1, 0.15) is 36.4 Å². The second-order valence-corrected chi connectivity index (χ2v) is 12.7. The molecule has 6 N–H and O–H groups in total. The summed E-state index contributed by atoms with van der Waals surface area (Å²) in [5.74, 6) is 0.871. The van der Waals surface area contributed by atoms with Gasteiger partial charge in [-0.2, -0.15) is 10.2 Å². The SMILES string of the molecule is Cc1nnc(N)c2ccc(-c3ccc4c(c3)B(O)OC(C)C4)cc12.Cc1nnc(N)c2ccc(-c3ccc4c(c3)B(O)OC(C)C4)cc12. The average Bonchev–Trinajstić information content (AvgIpc) is 3.08. The van der Waals surface area contributed by atoms with Crippen LogP contribution >= 0.6 is 0 Å². The van der Waals surface area contributed by atoms with E-state index in [2.05, 4.69) is 56.8 Å². The summed E-state index contributed by atoms with van der Waals surface area (Å²) in [4.78, 5) is 0. The number of anilines is 2. The molecule has 4 heterocycles. The van der Waals surface area contributed by atoms with Crippen LogP contribution in [0.15, 0.2) is 72.8 Å². The minimum Gasteiger partial charge on any atom is -0.423 e. The van der Waals surface area contributed by atoms with E-state index in [9.17, 15) is 10.0 Å².